The molecular weight excluding hydrogens is 387 g/mol. The predicted molar refractivity (Wildman–Crippen MR) is 96.9 cm³/mol. The molecule has 3 rings (SSSR count). The van der Waals surface area contributed by atoms with Gasteiger partial charge in [0.15, 0.2) is 0 Å². The van der Waals surface area contributed by atoms with E-state index in [1.807, 2.05) is 18.2 Å². The largest absolute Gasteiger partial charge is 0.349 e. The highest BCUT2D eigenvalue weighted by Gasteiger charge is 2.26. The lowest BCUT2D eigenvalue weighted by molar-refractivity contribution is 0.0693. The number of piperidine rings is 1. The van der Waals surface area contributed by atoms with E-state index in [2.05, 4.69) is 21.2 Å². The minimum atomic E-state index is -0.503. The van der Waals surface area contributed by atoms with Gasteiger partial charge in [-0.05, 0) is 53.0 Å². The summed E-state index contributed by atoms with van der Waals surface area (Å²) in [7, 11) is 0. The second-order valence-electron chi connectivity index (χ2n) is 6.00. The smallest absolute Gasteiger partial charge is 0.256 e. The van der Waals surface area contributed by atoms with Gasteiger partial charge in [0, 0.05) is 23.6 Å². The Balaban J connectivity index is 1.57. The Labute approximate surface area is 154 Å². The van der Waals surface area contributed by atoms with Gasteiger partial charge in [0.2, 0.25) is 0 Å². The van der Waals surface area contributed by atoms with Crippen molar-refractivity contribution in [2.45, 2.75) is 18.9 Å². The van der Waals surface area contributed by atoms with Crippen molar-refractivity contribution < 1.29 is 14.0 Å². The summed E-state index contributed by atoms with van der Waals surface area (Å²) >= 11 is 3.37. The Morgan fingerprint density at radius 2 is 1.60 bits per heavy atom. The molecular formula is C19H18BrFN2O2. The molecule has 0 radical (unpaired) electrons. The summed E-state index contributed by atoms with van der Waals surface area (Å²) in [5.74, 6) is -0.933. The van der Waals surface area contributed by atoms with Crippen molar-refractivity contribution in [2.75, 3.05) is 13.1 Å². The van der Waals surface area contributed by atoms with Gasteiger partial charge in [-0.15, -0.1) is 0 Å². The number of nitrogens with one attached hydrogen (secondary N) is 1. The molecule has 0 aliphatic carbocycles. The van der Waals surface area contributed by atoms with Crippen molar-refractivity contribution in [3.8, 4) is 0 Å². The lowest BCUT2D eigenvalue weighted by atomic mass is 10.0. The quantitative estimate of drug-likeness (QED) is 0.848. The van der Waals surface area contributed by atoms with Gasteiger partial charge in [0.25, 0.3) is 11.8 Å². The van der Waals surface area contributed by atoms with Crippen LogP contribution in [0.15, 0.2) is 53.0 Å². The van der Waals surface area contributed by atoms with Crippen molar-refractivity contribution in [1.29, 1.82) is 0 Å². The van der Waals surface area contributed by atoms with E-state index in [-0.39, 0.29) is 23.4 Å². The second-order valence-corrected chi connectivity index (χ2v) is 6.85. The third-order valence-electron chi connectivity index (χ3n) is 4.34. The Hall–Kier alpha value is -2.21. The number of carbonyl (C=O) groups excluding carboxylic acids is 2. The first-order valence-electron chi connectivity index (χ1n) is 8.15. The van der Waals surface area contributed by atoms with Crippen molar-refractivity contribution in [3.63, 3.8) is 0 Å². The molecule has 2 amide bonds. The summed E-state index contributed by atoms with van der Waals surface area (Å²) in [4.78, 5) is 26.4. The van der Waals surface area contributed by atoms with Gasteiger partial charge >= 0.3 is 0 Å². The molecule has 130 valence electrons. The Kier molecular flexibility index (Phi) is 5.48. The van der Waals surface area contributed by atoms with E-state index in [1.54, 1.807) is 23.1 Å². The zero-order valence-electron chi connectivity index (χ0n) is 13.5. The number of amides is 2. The summed E-state index contributed by atoms with van der Waals surface area (Å²) in [6, 6.07) is 13.3. The van der Waals surface area contributed by atoms with Crippen LogP contribution in [0.5, 0.6) is 0 Å². The second kappa shape index (κ2) is 7.78. The monoisotopic (exact) mass is 404 g/mol. The van der Waals surface area contributed by atoms with E-state index in [0.29, 0.717) is 31.5 Å². The molecule has 6 heteroatoms. The molecule has 1 saturated heterocycles. The molecule has 0 saturated carbocycles. The molecule has 0 unspecified atom stereocenters. The molecule has 0 spiro atoms. The average molecular weight is 405 g/mol. The molecule has 1 aliphatic rings. The minimum absolute atomic E-state index is 0.00396. The van der Waals surface area contributed by atoms with Gasteiger partial charge in [-0.25, -0.2) is 4.39 Å². The van der Waals surface area contributed by atoms with Crippen LogP contribution in [0.3, 0.4) is 0 Å². The molecule has 0 atom stereocenters. The Bertz CT molecular complexity index is 788. The van der Waals surface area contributed by atoms with Gasteiger partial charge in [0.05, 0.1) is 11.1 Å². The number of nitrogens with zero attached hydrogens (tertiary/aromatic N) is 1. The number of rotatable bonds is 3. The van der Waals surface area contributed by atoms with Crippen molar-refractivity contribution in [3.05, 3.63) is 69.9 Å². The highest BCUT2D eigenvalue weighted by atomic mass is 79.9. The zero-order valence-corrected chi connectivity index (χ0v) is 15.1. The summed E-state index contributed by atoms with van der Waals surface area (Å²) < 4.78 is 14.5. The molecule has 2 aromatic rings. The number of hydrogen-bond acceptors (Lipinski definition) is 2. The van der Waals surface area contributed by atoms with Gasteiger partial charge in [-0.3, -0.25) is 9.59 Å². The number of carbonyl (C=O) groups is 2. The first-order valence-corrected chi connectivity index (χ1v) is 8.95. The number of halogens is 2. The SMILES string of the molecule is O=C(NC1CCN(C(=O)c2ccccc2F)CC1)c1ccccc1Br. The standard InChI is InChI=1S/C19H18BrFN2O2/c20-16-7-3-1-5-14(16)18(24)22-13-9-11-23(12-10-13)19(25)15-6-2-4-8-17(15)21/h1-8,13H,9-12H2,(H,22,24). The Morgan fingerprint density at radius 3 is 2.24 bits per heavy atom. The maximum atomic E-state index is 13.8. The molecule has 2 aromatic carbocycles. The third kappa shape index (κ3) is 4.07. The maximum absolute atomic E-state index is 13.8. The normalized spacial score (nSPS) is 15.0. The van der Waals surface area contributed by atoms with Gasteiger partial charge in [-0.1, -0.05) is 24.3 Å². The van der Waals surface area contributed by atoms with Crippen LogP contribution < -0.4 is 5.32 Å². The topological polar surface area (TPSA) is 49.4 Å². The lowest BCUT2D eigenvalue weighted by Gasteiger charge is -2.32. The van der Waals surface area contributed by atoms with E-state index in [1.165, 1.54) is 12.1 Å². The third-order valence-corrected chi connectivity index (χ3v) is 5.03. The van der Waals surface area contributed by atoms with Crippen LogP contribution >= 0.6 is 15.9 Å². The van der Waals surface area contributed by atoms with Crippen molar-refractivity contribution in [1.82, 2.24) is 10.2 Å². The highest BCUT2D eigenvalue weighted by Crippen LogP contribution is 2.19. The molecule has 0 aromatic heterocycles. The van der Waals surface area contributed by atoms with Crippen LogP contribution in [0.4, 0.5) is 4.39 Å². The number of benzene rings is 2. The average Bonchev–Trinajstić information content (AvgIpc) is 2.62. The van der Waals surface area contributed by atoms with Crippen LogP contribution in [0, 0.1) is 5.82 Å². The fraction of sp³-hybridized carbons (Fsp3) is 0.263. The van der Waals surface area contributed by atoms with Crippen molar-refractivity contribution >= 4 is 27.7 Å². The van der Waals surface area contributed by atoms with Crippen LogP contribution in [0.25, 0.3) is 0 Å². The molecule has 1 heterocycles. The van der Waals surface area contributed by atoms with E-state index < -0.39 is 5.82 Å². The van der Waals surface area contributed by atoms with Gasteiger partial charge < -0.3 is 10.2 Å². The van der Waals surface area contributed by atoms with Crippen LogP contribution in [-0.2, 0) is 0 Å². The molecule has 1 aliphatic heterocycles. The van der Waals surface area contributed by atoms with E-state index >= 15 is 0 Å². The lowest BCUT2D eigenvalue weighted by Crippen LogP contribution is -2.46. The summed E-state index contributed by atoms with van der Waals surface area (Å²) in [6.45, 7) is 0.988. The fourth-order valence-corrected chi connectivity index (χ4v) is 3.41. The highest BCUT2D eigenvalue weighted by molar-refractivity contribution is 9.10. The number of likely N-dealkylation sites (tertiary alicyclic amines) is 1. The predicted octanol–water partition coefficient (Wildman–Crippen LogP) is 3.62. The molecule has 25 heavy (non-hydrogen) atoms. The summed E-state index contributed by atoms with van der Waals surface area (Å²) in [5, 5.41) is 3.01. The Morgan fingerprint density at radius 1 is 1.00 bits per heavy atom. The van der Waals surface area contributed by atoms with E-state index in [0.717, 1.165) is 4.47 Å². The van der Waals surface area contributed by atoms with Crippen LogP contribution in [0.1, 0.15) is 33.6 Å². The maximum Gasteiger partial charge on any atom is 0.256 e. The molecule has 1 fully saturated rings. The first-order chi connectivity index (χ1) is 12.1. The van der Waals surface area contributed by atoms with E-state index in [9.17, 15) is 14.0 Å². The van der Waals surface area contributed by atoms with Crippen LogP contribution in [0.2, 0.25) is 0 Å². The van der Waals surface area contributed by atoms with E-state index in [4.69, 9.17) is 0 Å². The minimum Gasteiger partial charge on any atom is -0.349 e. The zero-order chi connectivity index (χ0) is 17.8. The number of hydrogen-bond donors (Lipinski definition) is 1. The summed E-state index contributed by atoms with van der Waals surface area (Å²) in [5.41, 5.74) is 0.686. The van der Waals surface area contributed by atoms with Crippen LogP contribution in [-0.4, -0.2) is 35.8 Å². The molecule has 4 nitrogen and oxygen atoms in total. The fourth-order valence-electron chi connectivity index (χ4n) is 2.94. The van der Waals surface area contributed by atoms with Gasteiger partial charge in [0.1, 0.15) is 5.82 Å². The van der Waals surface area contributed by atoms with Crippen molar-refractivity contribution in [2.24, 2.45) is 0 Å². The van der Waals surface area contributed by atoms with Gasteiger partial charge in [-0.2, -0.15) is 0 Å². The summed E-state index contributed by atoms with van der Waals surface area (Å²) in [6.07, 6.45) is 1.30. The molecule has 0 bridgehead atoms. The molecule has 1 N–H and O–H groups in total. The first kappa shape index (κ1) is 17.6.